The minimum Gasteiger partial charge on any atom is -0.481 e. The molecule has 0 spiro atoms. The number of anilines is 1. The van der Waals surface area contributed by atoms with Crippen molar-refractivity contribution in [3.63, 3.8) is 0 Å². The van der Waals surface area contributed by atoms with Gasteiger partial charge in [0.25, 0.3) is 5.22 Å². The summed E-state index contributed by atoms with van der Waals surface area (Å²) in [6.07, 6.45) is 0.582. The first-order valence-corrected chi connectivity index (χ1v) is 17.3. The molecule has 1 aliphatic rings. The van der Waals surface area contributed by atoms with Gasteiger partial charge in [-0.25, -0.2) is 4.98 Å². The number of aliphatic carboxylic acids is 1. The number of unbranched alkanes of at least 4 members (excludes halogenated alkanes) is 1. The van der Waals surface area contributed by atoms with E-state index in [9.17, 15) is 14.7 Å². The van der Waals surface area contributed by atoms with Gasteiger partial charge in [0.2, 0.25) is 5.91 Å². The molecule has 1 amide bonds. The van der Waals surface area contributed by atoms with Crippen LogP contribution in [0.2, 0.25) is 0 Å². The third-order valence-corrected chi connectivity index (χ3v) is 9.15. The average Bonchev–Trinajstić information content (AvgIpc) is 3.58. The molecule has 0 radical (unpaired) electrons. The Hall–Kier alpha value is -4.74. The Balaban J connectivity index is 1.20. The second-order valence-electron chi connectivity index (χ2n) is 11.8. The molecule has 1 fully saturated rings. The summed E-state index contributed by atoms with van der Waals surface area (Å²) in [5.41, 5.74) is 5.85. The number of carboxylic acid groups (broad SMARTS) is 1. The second-order valence-corrected chi connectivity index (χ2v) is 12.8. The summed E-state index contributed by atoms with van der Waals surface area (Å²) in [4.78, 5) is 28.2. The number of amides is 1. The molecule has 0 unspecified atom stereocenters. The number of oxazole rings is 1. The summed E-state index contributed by atoms with van der Waals surface area (Å²) >= 11 is 1.49. The van der Waals surface area contributed by atoms with Crippen LogP contribution in [0, 0.1) is 0 Å². The third-order valence-electron chi connectivity index (χ3n) is 8.19. The van der Waals surface area contributed by atoms with Crippen molar-refractivity contribution in [3.8, 4) is 22.6 Å². The number of nitrogens with one attached hydrogen (secondary N) is 1. The van der Waals surface area contributed by atoms with Gasteiger partial charge in [0.05, 0.1) is 18.8 Å². The van der Waals surface area contributed by atoms with Gasteiger partial charge in [0.1, 0.15) is 5.69 Å². The fourth-order valence-corrected chi connectivity index (χ4v) is 6.52. The van der Waals surface area contributed by atoms with Crippen LogP contribution in [-0.4, -0.2) is 38.9 Å². The van der Waals surface area contributed by atoms with Gasteiger partial charge in [-0.3, -0.25) is 9.59 Å². The van der Waals surface area contributed by atoms with Gasteiger partial charge in [0, 0.05) is 47.4 Å². The summed E-state index contributed by atoms with van der Waals surface area (Å²) in [5.74, 6) is 0.220. The van der Waals surface area contributed by atoms with Crippen molar-refractivity contribution in [3.05, 3.63) is 126 Å². The lowest BCUT2D eigenvalue weighted by atomic mass is 10.0. The van der Waals surface area contributed by atoms with E-state index in [4.69, 9.17) is 24.0 Å². The van der Waals surface area contributed by atoms with Gasteiger partial charge in [-0.05, 0) is 36.1 Å². The normalized spacial score (nSPS) is 17.4. The van der Waals surface area contributed by atoms with E-state index in [0.29, 0.717) is 41.7 Å². The number of nitrogens with zero attached hydrogens (tertiary/aromatic N) is 1. The van der Waals surface area contributed by atoms with Gasteiger partial charge in [-0.15, -0.1) is 0 Å². The van der Waals surface area contributed by atoms with Crippen molar-refractivity contribution >= 4 is 29.3 Å². The van der Waals surface area contributed by atoms with Crippen LogP contribution in [-0.2, 0) is 25.7 Å². The number of ether oxygens (including phenoxy) is 2. The summed E-state index contributed by atoms with van der Waals surface area (Å²) in [5, 5.41) is 21.9. The number of thioether (sulfide) groups is 1. The topological polar surface area (TPSA) is 131 Å². The van der Waals surface area contributed by atoms with Crippen molar-refractivity contribution in [2.45, 2.75) is 62.4 Å². The molecule has 10 heteroatoms. The fourth-order valence-electron chi connectivity index (χ4n) is 5.67. The molecular weight excluding hydrogens is 641 g/mol. The standard InChI is InChI=1S/C39H38N2O7S/c42-24-26-18-20-27(21-19-26)33-23-32(46-38(47-33)30-14-9-15-31(22-30)40-34(43)16-7-8-17-35(44)45)25-49-39-41-36(28-10-3-1-4-11-28)37(48-39)29-12-5-2-6-13-29/h1-6,9-15,18-22,32-33,38,42H,7-8,16-17,23-25H2,(H,40,43)(H,44,45)/t32-,33+,38+/m0/s1. The van der Waals surface area contributed by atoms with Crippen LogP contribution in [0.15, 0.2) is 119 Å². The molecule has 1 aromatic heterocycles. The zero-order valence-corrected chi connectivity index (χ0v) is 27.7. The molecule has 2 heterocycles. The van der Waals surface area contributed by atoms with Gasteiger partial charge < -0.3 is 29.4 Å². The van der Waals surface area contributed by atoms with E-state index in [1.54, 1.807) is 6.07 Å². The highest BCUT2D eigenvalue weighted by molar-refractivity contribution is 7.99. The Kier molecular flexibility index (Phi) is 11.6. The first-order chi connectivity index (χ1) is 23.9. The maximum Gasteiger partial charge on any atom is 0.303 e. The van der Waals surface area contributed by atoms with E-state index in [0.717, 1.165) is 33.5 Å². The molecule has 1 aliphatic heterocycles. The lowest BCUT2D eigenvalue weighted by molar-refractivity contribution is -0.245. The monoisotopic (exact) mass is 678 g/mol. The Bertz CT molecular complexity index is 1770. The van der Waals surface area contributed by atoms with E-state index in [1.165, 1.54) is 11.8 Å². The fraction of sp³-hybridized carbons (Fsp3) is 0.256. The molecule has 49 heavy (non-hydrogen) atoms. The SMILES string of the molecule is O=C(O)CCCCC(=O)Nc1cccc([C@@H]2O[C@H](CSc3nc(-c4ccccc4)c(-c4ccccc4)o3)C[C@H](c3ccc(CO)cc3)O2)c1. The number of carbonyl (C=O) groups is 2. The highest BCUT2D eigenvalue weighted by Crippen LogP contribution is 2.41. The van der Waals surface area contributed by atoms with Gasteiger partial charge in [0.15, 0.2) is 12.1 Å². The Morgan fingerprint density at radius 3 is 2.24 bits per heavy atom. The first kappa shape index (κ1) is 34.1. The van der Waals surface area contributed by atoms with Crippen LogP contribution in [0.5, 0.6) is 0 Å². The minimum absolute atomic E-state index is 0.0407. The number of rotatable bonds is 14. The zero-order chi connectivity index (χ0) is 34.0. The zero-order valence-electron chi connectivity index (χ0n) is 26.9. The molecule has 6 rings (SSSR count). The molecule has 0 bridgehead atoms. The summed E-state index contributed by atoms with van der Waals surface area (Å²) in [6, 6.07) is 35.0. The Labute approximate surface area is 289 Å². The van der Waals surface area contributed by atoms with E-state index >= 15 is 0 Å². The maximum atomic E-state index is 12.6. The number of hydrogen-bond donors (Lipinski definition) is 3. The molecule has 5 aromatic rings. The maximum absolute atomic E-state index is 12.6. The summed E-state index contributed by atoms with van der Waals surface area (Å²) in [6.45, 7) is -0.0407. The van der Waals surface area contributed by atoms with E-state index in [-0.39, 0.29) is 37.6 Å². The largest absolute Gasteiger partial charge is 0.481 e. The van der Waals surface area contributed by atoms with Crippen molar-refractivity contribution < 1.29 is 33.7 Å². The van der Waals surface area contributed by atoms with Gasteiger partial charge in [-0.1, -0.05) is 109 Å². The van der Waals surface area contributed by atoms with Crippen LogP contribution >= 0.6 is 11.8 Å². The smallest absolute Gasteiger partial charge is 0.303 e. The van der Waals surface area contributed by atoms with Crippen LogP contribution in [0.25, 0.3) is 22.6 Å². The number of aliphatic hydroxyl groups excluding tert-OH is 1. The number of hydrogen-bond acceptors (Lipinski definition) is 8. The van der Waals surface area contributed by atoms with Crippen LogP contribution in [0.3, 0.4) is 0 Å². The predicted octanol–water partition coefficient (Wildman–Crippen LogP) is 8.42. The third kappa shape index (κ3) is 9.24. The van der Waals surface area contributed by atoms with Crippen LogP contribution in [0.1, 0.15) is 61.2 Å². The predicted molar refractivity (Wildman–Crippen MR) is 188 cm³/mol. The lowest BCUT2D eigenvalue weighted by Gasteiger charge is -2.36. The van der Waals surface area contributed by atoms with Crippen LogP contribution < -0.4 is 5.32 Å². The molecule has 4 aromatic carbocycles. The number of aliphatic hydroxyl groups is 1. The summed E-state index contributed by atoms with van der Waals surface area (Å²) in [7, 11) is 0. The van der Waals surface area contributed by atoms with Crippen molar-refractivity contribution in [2.24, 2.45) is 0 Å². The van der Waals surface area contributed by atoms with Gasteiger partial charge in [-0.2, -0.15) is 0 Å². The highest BCUT2D eigenvalue weighted by atomic mass is 32.2. The van der Waals surface area contributed by atoms with E-state index in [2.05, 4.69) is 5.32 Å². The highest BCUT2D eigenvalue weighted by Gasteiger charge is 2.33. The molecule has 3 N–H and O–H groups in total. The molecule has 3 atom stereocenters. The van der Waals surface area contributed by atoms with E-state index in [1.807, 2.05) is 103 Å². The first-order valence-electron chi connectivity index (χ1n) is 16.3. The Morgan fingerprint density at radius 1 is 0.816 bits per heavy atom. The average molecular weight is 679 g/mol. The lowest BCUT2D eigenvalue weighted by Crippen LogP contribution is -2.31. The van der Waals surface area contributed by atoms with E-state index < -0.39 is 12.3 Å². The molecule has 9 nitrogen and oxygen atoms in total. The molecular formula is C39H38N2O7S. The number of benzene rings is 4. The summed E-state index contributed by atoms with van der Waals surface area (Å²) < 4.78 is 19.4. The molecule has 252 valence electrons. The number of carbonyl (C=O) groups excluding carboxylic acids is 1. The Morgan fingerprint density at radius 2 is 1.53 bits per heavy atom. The van der Waals surface area contributed by atoms with Crippen molar-refractivity contribution in [1.29, 1.82) is 0 Å². The molecule has 0 saturated carbocycles. The van der Waals surface area contributed by atoms with Crippen LogP contribution in [0.4, 0.5) is 5.69 Å². The molecule has 0 aliphatic carbocycles. The minimum atomic E-state index is -0.866. The molecule has 1 saturated heterocycles. The number of aromatic nitrogens is 1. The van der Waals surface area contributed by atoms with Crippen molar-refractivity contribution in [2.75, 3.05) is 11.1 Å². The second kappa shape index (κ2) is 16.6. The van der Waals surface area contributed by atoms with Crippen molar-refractivity contribution in [1.82, 2.24) is 4.98 Å². The quantitative estimate of drug-likeness (QED) is 0.0782. The number of carboxylic acids is 1. The van der Waals surface area contributed by atoms with Gasteiger partial charge >= 0.3 is 5.97 Å².